The summed E-state index contributed by atoms with van der Waals surface area (Å²) in [6, 6.07) is 25.0. The van der Waals surface area contributed by atoms with Gasteiger partial charge in [0.25, 0.3) is 23.6 Å². The number of hydrogen-bond donors (Lipinski definition) is 0. The first-order valence-corrected chi connectivity index (χ1v) is 43.2. The maximum atomic E-state index is 16.4. The molecule has 2 aromatic carbocycles. The van der Waals surface area contributed by atoms with Gasteiger partial charge in [0.2, 0.25) is 0 Å². The summed E-state index contributed by atoms with van der Waals surface area (Å²) in [7, 11) is 0. The minimum atomic E-state index is -0.330. The quantitative estimate of drug-likeness (QED) is 0.0278. The van der Waals surface area contributed by atoms with Crippen LogP contribution in [0.1, 0.15) is 326 Å². The number of amides is 4. The molecule has 536 valence electrons. The normalized spacial score (nSPS) is 13.6. The van der Waals surface area contributed by atoms with Crippen molar-refractivity contribution in [1.82, 2.24) is 19.8 Å². The fraction of sp³-hybridized carbons (Fsp3) is 0.545. The van der Waals surface area contributed by atoms with E-state index in [0.29, 0.717) is 57.2 Å². The number of unbranched alkanes of at least 4 members (excludes halogenated alkanes) is 32. The zero-order chi connectivity index (χ0) is 69.7. The summed E-state index contributed by atoms with van der Waals surface area (Å²) in [6.45, 7) is 9.77. The predicted molar refractivity (Wildman–Crippen MR) is 429 cm³/mol. The van der Waals surface area contributed by atoms with E-state index >= 15 is 19.2 Å². The van der Waals surface area contributed by atoms with E-state index in [1.165, 1.54) is 180 Å². The van der Waals surface area contributed by atoms with Gasteiger partial charge < -0.3 is 0 Å². The maximum Gasteiger partial charge on any atom is 0.262 e. The number of rotatable bonds is 50. The minimum Gasteiger partial charge on any atom is -0.274 e. The van der Waals surface area contributed by atoms with Gasteiger partial charge in [-0.1, -0.05) is 259 Å². The zero-order valence-electron chi connectivity index (χ0n) is 61.3. The molecule has 2 aliphatic heterocycles. The first-order valence-electron chi connectivity index (χ1n) is 39.8. The molecule has 8 nitrogen and oxygen atoms in total. The van der Waals surface area contributed by atoms with E-state index in [4.69, 9.17) is 0 Å². The van der Waals surface area contributed by atoms with Crippen LogP contribution < -0.4 is 0 Å². The molecule has 6 aromatic heterocycles. The average molecular weight is 1420 g/mol. The molecule has 2 unspecified atom stereocenters. The van der Waals surface area contributed by atoms with Crippen molar-refractivity contribution in [2.75, 3.05) is 13.1 Å². The topological polar surface area (TPSA) is 101 Å². The summed E-state index contributed by atoms with van der Waals surface area (Å²) in [5, 5.41) is 5.16. The Morgan fingerprint density at radius 3 is 0.890 bits per heavy atom. The predicted octanol–water partition coefficient (Wildman–Crippen LogP) is 28.0. The third-order valence-electron chi connectivity index (χ3n) is 21.5. The van der Waals surface area contributed by atoms with Gasteiger partial charge in [0.1, 0.15) is 0 Å². The summed E-state index contributed by atoms with van der Waals surface area (Å²) >= 11 is 6.63. The summed E-state index contributed by atoms with van der Waals surface area (Å²) in [6.07, 6.45) is 55.7. The molecule has 0 spiro atoms. The molecule has 10 rings (SSSR count). The second kappa shape index (κ2) is 41.4. The van der Waals surface area contributed by atoms with Gasteiger partial charge in [0, 0.05) is 102 Å². The second-order valence-corrected chi connectivity index (χ2v) is 33.2. The highest BCUT2D eigenvalue weighted by atomic mass is 32.1. The highest BCUT2D eigenvalue weighted by Crippen LogP contribution is 2.51. The van der Waals surface area contributed by atoms with Gasteiger partial charge in [-0.15, -0.1) is 45.3 Å². The van der Waals surface area contributed by atoms with Gasteiger partial charge in [-0.05, 0) is 132 Å². The van der Waals surface area contributed by atoms with Crippen molar-refractivity contribution in [3.05, 3.63) is 131 Å². The fourth-order valence-electron chi connectivity index (χ4n) is 15.8. The number of imide groups is 2. The van der Waals surface area contributed by atoms with Crippen LogP contribution in [0, 0.1) is 11.8 Å². The summed E-state index contributed by atoms with van der Waals surface area (Å²) in [4.78, 5) is 83.1. The van der Waals surface area contributed by atoms with Gasteiger partial charge >= 0.3 is 0 Å². The molecule has 12 heteroatoms. The molecule has 0 radical (unpaired) electrons. The van der Waals surface area contributed by atoms with E-state index in [2.05, 4.69) is 84.8 Å². The van der Waals surface area contributed by atoms with Gasteiger partial charge in [-0.2, -0.15) is 0 Å². The SMILES string of the molecule is CCCCCCCCCCCCC(CCCCCCCCCC)CN1C(=O)c2cc(-c3ccc(-c4sccc4-c4ccncc4)s3)c3c4c(cc(-c5ccc(-c6sccc6-c6ccncc6)s5)c(c24)C1=O)C(=O)N(CC(CCCCCCCCCC)CCCCCCCCCCCC)C3=O. The molecule has 100 heavy (non-hydrogen) atoms. The number of pyridine rings is 2. The van der Waals surface area contributed by atoms with Crippen molar-refractivity contribution in [1.29, 1.82) is 0 Å². The first kappa shape index (κ1) is 76.7. The number of benzene rings is 2. The molecule has 0 saturated carbocycles. The van der Waals surface area contributed by atoms with Crippen LogP contribution in [-0.2, 0) is 0 Å². The van der Waals surface area contributed by atoms with Crippen LogP contribution in [0.15, 0.2) is 108 Å². The molecule has 4 amide bonds. The van der Waals surface area contributed by atoms with Crippen LogP contribution in [0.25, 0.3) is 73.4 Å². The van der Waals surface area contributed by atoms with Crippen molar-refractivity contribution in [2.24, 2.45) is 11.8 Å². The Labute approximate surface area is 617 Å². The summed E-state index contributed by atoms with van der Waals surface area (Å²) < 4.78 is 0. The van der Waals surface area contributed by atoms with Gasteiger partial charge in [-0.25, -0.2) is 0 Å². The molecule has 8 heterocycles. The fourth-order valence-corrected chi connectivity index (χ4v) is 19.9. The molecule has 0 bridgehead atoms. The zero-order valence-corrected chi connectivity index (χ0v) is 64.6. The van der Waals surface area contributed by atoms with Crippen molar-refractivity contribution in [3.8, 4) is 62.6 Å². The van der Waals surface area contributed by atoms with E-state index in [0.717, 1.165) is 129 Å². The second-order valence-electron chi connectivity index (χ2n) is 29.2. The van der Waals surface area contributed by atoms with Gasteiger partial charge in [0.05, 0.1) is 20.9 Å². The number of hydrogen-bond acceptors (Lipinski definition) is 10. The summed E-state index contributed by atoms with van der Waals surface area (Å²) in [5.74, 6) is -1.04. The number of aromatic nitrogens is 2. The van der Waals surface area contributed by atoms with Crippen LogP contribution >= 0.6 is 45.3 Å². The highest BCUT2D eigenvalue weighted by molar-refractivity contribution is 7.24. The lowest BCUT2D eigenvalue weighted by atomic mass is 9.80. The third kappa shape index (κ3) is 20.7. The smallest absolute Gasteiger partial charge is 0.262 e. The molecule has 0 aliphatic carbocycles. The number of carbonyl (C=O) groups is 4. The van der Waals surface area contributed by atoms with E-state index in [-0.39, 0.29) is 35.5 Å². The lowest BCUT2D eigenvalue weighted by Gasteiger charge is -2.36. The van der Waals surface area contributed by atoms with Crippen LogP contribution in [0.3, 0.4) is 0 Å². The molecular formula is C88H116N4O4S4. The average Bonchev–Trinajstić information content (AvgIpc) is 1.01. The van der Waals surface area contributed by atoms with Gasteiger partial charge in [0.15, 0.2) is 0 Å². The first-order chi connectivity index (χ1) is 49.2. The number of thiophene rings is 4. The molecule has 2 aliphatic rings. The van der Waals surface area contributed by atoms with Crippen molar-refractivity contribution >= 4 is 79.7 Å². The monoisotopic (exact) mass is 1420 g/mol. The molecule has 0 fully saturated rings. The maximum absolute atomic E-state index is 16.4. The highest BCUT2D eigenvalue weighted by Gasteiger charge is 2.44. The Balaban J connectivity index is 1.06. The Kier molecular flexibility index (Phi) is 31.8. The van der Waals surface area contributed by atoms with Crippen LogP contribution in [-0.4, -0.2) is 56.5 Å². The molecule has 2 atom stereocenters. The Morgan fingerprint density at radius 2 is 0.590 bits per heavy atom. The number of carbonyl (C=O) groups excluding carboxylic acids is 4. The van der Waals surface area contributed by atoms with Crippen LogP contribution in [0.4, 0.5) is 0 Å². The molecular weight excluding hydrogens is 1310 g/mol. The number of nitrogens with zero attached hydrogens (tertiary/aromatic N) is 4. The van der Waals surface area contributed by atoms with Crippen molar-refractivity contribution in [3.63, 3.8) is 0 Å². The van der Waals surface area contributed by atoms with Gasteiger partial charge in [-0.3, -0.25) is 38.9 Å². The van der Waals surface area contributed by atoms with E-state index < -0.39 is 0 Å². The van der Waals surface area contributed by atoms with E-state index in [1.807, 2.05) is 61.2 Å². The lowest BCUT2D eigenvalue weighted by Crippen LogP contribution is -2.46. The van der Waals surface area contributed by atoms with E-state index in [1.54, 1.807) is 55.1 Å². The van der Waals surface area contributed by atoms with E-state index in [9.17, 15) is 0 Å². The van der Waals surface area contributed by atoms with Crippen LogP contribution in [0.2, 0.25) is 0 Å². The lowest BCUT2D eigenvalue weighted by molar-refractivity contribution is 0.0557. The largest absolute Gasteiger partial charge is 0.274 e. The molecule has 0 N–H and O–H groups in total. The third-order valence-corrected chi connectivity index (χ3v) is 25.9. The molecule has 0 saturated heterocycles. The Hall–Kier alpha value is -5.92. The Morgan fingerprint density at radius 1 is 0.310 bits per heavy atom. The van der Waals surface area contributed by atoms with Crippen molar-refractivity contribution in [2.45, 2.75) is 285 Å². The molecule has 8 aromatic rings. The standard InChI is InChI=1S/C88H116N4O4S4/c1-5-9-13-17-21-25-27-31-35-39-43-65(41-37-33-29-23-19-15-11-7-3)63-91-85(93)73-61-72(76-46-48-78(100-76)84-70(54-60-98-84)68-51-57-90-58-52-68)82-80-74(62-71(81(79(73)80)87(91)95)75-45-47-77(99-75)83-69(53-59-97-83)67-49-55-89-56-50-67)86(94)92(88(82)96)64-66(42-38-34-30-24-20-16-12-8-4)44-40-36-32-28-26-22-18-14-10-6-2/h45-62,65-66H,5-44,63-64H2,1-4H3. The summed E-state index contributed by atoms with van der Waals surface area (Å²) in [5.41, 5.74) is 7.34. The van der Waals surface area contributed by atoms with Crippen molar-refractivity contribution < 1.29 is 19.2 Å². The Bertz CT molecular complexity index is 3560. The minimum absolute atomic E-state index is 0.134. The van der Waals surface area contributed by atoms with Crippen LogP contribution in [0.5, 0.6) is 0 Å².